The Kier molecular flexibility index (Phi) is 4.52. The maximum Gasteiger partial charge on any atom is 0.291 e. The Bertz CT molecular complexity index is 704. The molecule has 2 aromatic rings. The number of nitrogens with zero attached hydrogens (tertiary/aromatic N) is 1. The number of ether oxygens (including phenoxy) is 1. The van der Waals surface area contributed by atoms with Gasteiger partial charge in [0.2, 0.25) is 0 Å². The zero-order chi connectivity index (χ0) is 16.2. The second kappa shape index (κ2) is 6.75. The van der Waals surface area contributed by atoms with Crippen molar-refractivity contribution >= 4 is 28.6 Å². The fourth-order valence-corrected chi connectivity index (χ4v) is 3.19. The third-order valence-corrected chi connectivity index (χ3v) is 4.48. The highest BCUT2D eigenvalue weighted by molar-refractivity contribution is 8.15. The topological polar surface area (TPSA) is 58.6 Å². The minimum Gasteiger partial charge on any atom is -0.497 e. The van der Waals surface area contributed by atoms with E-state index >= 15 is 0 Å². The fraction of sp³-hybridized carbons (Fsp3) is 0.176. The van der Waals surface area contributed by atoms with Crippen LogP contribution in [0.1, 0.15) is 5.56 Å². The predicted octanol–water partition coefficient (Wildman–Crippen LogP) is 3.33. The number of methoxy groups -OCH3 is 1. The SMILES string of the molecule is COc1ccc(NC2SC(=O)N(Cc3ccccc3)C2=O)cc1. The molecule has 1 fully saturated rings. The van der Waals surface area contributed by atoms with E-state index in [1.54, 1.807) is 19.2 Å². The highest BCUT2D eigenvalue weighted by Gasteiger charge is 2.39. The average molecular weight is 328 g/mol. The van der Waals surface area contributed by atoms with Crippen molar-refractivity contribution in [3.8, 4) is 5.75 Å². The van der Waals surface area contributed by atoms with Crippen LogP contribution in [-0.4, -0.2) is 28.5 Å². The fourth-order valence-electron chi connectivity index (χ4n) is 2.28. The summed E-state index contributed by atoms with van der Waals surface area (Å²) >= 11 is 1.00. The van der Waals surface area contributed by atoms with Crippen molar-refractivity contribution in [2.45, 2.75) is 11.9 Å². The molecule has 0 aliphatic carbocycles. The van der Waals surface area contributed by atoms with Crippen LogP contribution in [0.25, 0.3) is 0 Å². The lowest BCUT2D eigenvalue weighted by Crippen LogP contribution is -2.33. The Labute approximate surface area is 138 Å². The number of carbonyl (C=O) groups is 2. The molecule has 23 heavy (non-hydrogen) atoms. The molecule has 0 aromatic heterocycles. The van der Waals surface area contributed by atoms with Gasteiger partial charge in [0.15, 0.2) is 5.37 Å². The minimum atomic E-state index is -0.598. The van der Waals surface area contributed by atoms with Crippen LogP contribution in [0, 0.1) is 0 Å². The largest absolute Gasteiger partial charge is 0.497 e. The summed E-state index contributed by atoms with van der Waals surface area (Å²) in [4.78, 5) is 25.8. The summed E-state index contributed by atoms with van der Waals surface area (Å²) < 4.78 is 5.10. The van der Waals surface area contributed by atoms with Crippen LogP contribution >= 0.6 is 11.8 Å². The Morgan fingerprint density at radius 1 is 1.09 bits per heavy atom. The summed E-state index contributed by atoms with van der Waals surface area (Å²) in [5, 5.41) is 2.25. The second-order valence-electron chi connectivity index (χ2n) is 5.05. The van der Waals surface area contributed by atoms with Gasteiger partial charge in [-0.15, -0.1) is 0 Å². The van der Waals surface area contributed by atoms with E-state index in [9.17, 15) is 9.59 Å². The molecule has 2 aromatic carbocycles. The van der Waals surface area contributed by atoms with Gasteiger partial charge in [-0.1, -0.05) is 30.3 Å². The molecule has 1 atom stereocenters. The first-order valence-electron chi connectivity index (χ1n) is 7.14. The molecule has 0 spiro atoms. The van der Waals surface area contributed by atoms with Crippen LogP contribution in [0.3, 0.4) is 0 Å². The number of thioether (sulfide) groups is 1. The number of nitrogens with one attached hydrogen (secondary N) is 1. The lowest BCUT2D eigenvalue weighted by atomic mass is 10.2. The van der Waals surface area contributed by atoms with Crippen LogP contribution in [0.15, 0.2) is 54.6 Å². The lowest BCUT2D eigenvalue weighted by molar-refractivity contribution is -0.126. The molecular weight excluding hydrogens is 312 g/mol. The zero-order valence-corrected chi connectivity index (χ0v) is 13.4. The number of benzene rings is 2. The van der Waals surface area contributed by atoms with Crippen molar-refractivity contribution in [2.75, 3.05) is 12.4 Å². The molecule has 0 bridgehead atoms. The molecule has 0 radical (unpaired) electrons. The van der Waals surface area contributed by atoms with Gasteiger partial charge in [0.1, 0.15) is 5.75 Å². The van der Waals surface area contributed by atoms with Crippen molar-refractivity contribution in [2.24, 2.45) is 0 Å². The van der Waals surface area contributed by atoms with Crippen molar-refractivity contribution in [1.29, 1.82) is 0 Å². The summed E-state index contributed by atoms with van der Waals surface area (Å²) in [6, 6.07) is 16.7. The molecule has 0 saturated carbocycles. The molecule has 2 amide bonds. The van der Waals surface area contributed by atoms with Gasteiger partial charge in [0, 0.05) is 5.69 Å². The monoisotopic (exact) mass is 328 g/mol. The highest BCUT2D eigenvalue weighted by atomic mass is 32.2. The Hall–Kier alpha value is -2.47. The first-order valence-corrected chi connectivity index (χ1v) is 8.02. The molecule has 1 heterocycles. The van der Waals surface area contributed by atoms with Gasteiger partial charge in [-0.3, -0.25) is 14.5 Å². The Morgan fingerprint density at radius 3 is 2.43 bits per heavy atom. The van der Waals surface area contributed by atoms with Crippen LogP contribution < -0.4 is 10.1 Å². The van der Waals surface area contributed by atoms with Gasteiger partial charge in [-0.25, -0.2) is 0 Å². The van der Waals surface area contributed by atoms with Gasteiger partial charge in [-0.05, 0) is 41.6 Å². The van der Waals surface area contributed by atoms with Crippen molar-refractivity contribution in [3.05, 3.63) is 60.2 Å². The molecule has 1 N–H and O–H groups in total. The quantitative estimate of drug-likeness (QED) is 0.912. The van der Waals surface area contributed by atoms with E-state index in [1.165, 1.54) is 4.90 Å². The first kappa shape index (κ1) is 15.4. The molecule has 1 saturated heterocycles. The van der Waals surface area contributed by atoms with E-state index in [0.29, 0.717) is 6.54 Å². The summed E-state index contributed by atoms with van der Waals surface area (Å²) in [6.07, 6.45) is 0. The maximum absolute atomic E-state index is 12.4. The summed E-state index contributed by atoms with van der Waals surface area (Å²) in [7, 11) is 1.60. The molecule has 5 nitrogen and oxygen atoms in total. The van der Waals surface area contributed by atoms with Gasteiger partial charge < -0.3 is 10.1 Å². The van der Waals surface area contributed by atoms with Crippen LogP contribution in [0.5, 0.6) is 5.75 Å². The first-order chi connectivity index (χ1) is 11.2. The predicted molar refractivity (Wildman–Crippen MR) is 90.4 cm³/mol. The maximum atomic E-state index is 12.4. The number of anilines is 1. The van der Waals surface area contributed by atoms with Gasteiger partial charge in [0.05, 0.1) is 13.7 Å². The van der Waals surface area contributed by atoms with Crippen molar-refractivity contribution in [1.82, 2.24) is 4.90 Å². The number of hydrogen-bond acceptors (Lipinski definition) is 5. The van der Waals surface area contributed by atoms with Crippen LogP contribution in [-0.2, 0) is 11.3 Å². The van der Waals surface area contributed by atoms with Crippen LogP contribution in [0.2, 0.25) is 0 Å². The minimum absolute atomic E-state index is 0.223. The normalized spacial score (nSPS) is 17.4. The standard InChI is InChI=1S/C17H16N2O3S/c1-22-14-9-7-13(8-10-14)18-15-16(20)19(17(21)23-15)11-12-5-3-2-4-6-12/h2-10,15,18H,11H2,1H3. The van der Waals surface area contributed by atoms with E-state index in [4.69, 9.17) is 4.74 Å². The molecule has 1 unspecified atom stereocenters. The van der Waals surface area contributed by atoms with Gasteiger partial charge >= 0.3 is 0 Å². The molecule has 1 aliphatic rings. The smallest absolute Gasteiger partial charge is 0.291 e. The van der Waals surface area contributed by atoms with E-state index < -0.39 is 5.37 Å². The second-order valence-corrected chi connectivity index (χ2v) is 6.10. The van der Waals surface area contributed by atoms with E-state index in [-0.39, 0.29) is 11.1 Å². The molecule has 3 rings (SSSR count). The summed E-state index contributed by atoms with van der Waals surface area (Å²) in [6.45, 7) is 0.298. The number of amides is 2. The van der Waals surface area contributed by atoms with Gasteiger partial charge in [-0.2, -0.15) is 0 Å². The van der Waals surface area contributed by atoms with Crippen molar-refractivity contribution in [3.63, 3.8) is 0 Å². The number of hydrogen-bond donors (Lipinski definition) is 1. The van der Waals surface area contributed by atoms with E-state index in [2.05, 4.69) is 5.32 Å². The van der Waals surface area contributed by atoms with E-state index in [0.717, 1.165) is 28.8 Å². The van der Waals surface area contributed by atoms with Crippen molar-refractivity contribution < 1.29 is 14.3 Å². The third kappa shape index (κ3) is 3.48. The molecule has 1 aliphatic heterocycles. The van der Waals surface area contributed by atoms with E-state index in [1.807, 2.05) is 42.5 Å². The number of rotatable bonds is 5. The highest BCUT2D eigenvalue weighted by Crippen LogP contribution is 2.29. The number of imide groups is 1. The third-order valence-electron chi connectivity index (χ3n) is 3.50. The summed E-state index contributed by atoms with van der Waals surface area (Å²) in [5.74, 6) is 0.516. The Balaban J connectivity index is 1.68. The average Bonchev–Trinajstić information content (AvgIpc) is 2.84. The van der Waals surface area contributed by atoms with Crippen LogP contribution in [0.4, 0.5) is 10.5 Å². The Morgan fingerprint density at radius 2 is 1.78 bits per heavy atom. The molecule has 118 valence electrons. The van der Waals surface area contributed by atoms with Gasteiger partial charge in [0.25, 0.3) is 11.1 Å². The lowest BCUT2D eigenvalue weighted by Gasteiger charge is -2.15. The molecule has 6 heteroatoms. The molecular formula is C17H16N2O3S. The zero-order valence-electron chi connectivity index (χ0n) is 12.6. The summed E-state index contributed by atoms with van der Waals surface area (Å²) in [5.41, 5.74) is 1.70. The number of carbonyl (C=O) groups excluding carboxylic acids is 2.